The fourth-order valence-electron chi connectivity index (χ4n) is 0.528. The molecule has 0 saturated carbocycles. The molecule has 1 heterocycles. The van der Waals surface area contributed by atoms with Crippen molar-refractivity contribution < 1.29 is 4.84 Å². The van der Waals surface area contributed by atoms with Crippen LogP contribution < -0.4 is 4.84 Å². The molecule has 0 atom stereocenters. The highest BCUT2D eigenvalue weighted by Gasteiger charge is 2.07. The Morgan fingerprint density at radius 3 is 2.77 bits per heavy atom. The molecule has 0 spiro atoms. The fraction of sp³-hybridized carbons (Fsp3) is 0.286. The Morgan fingerprint density at radius 1 is 1.46 bits per heavy atom. The molecule has 13 heavy (non-hydrogen) atoms. The van der Waals surface area contributed by atoms with Gasteiger partial charge < -0.3 is 4.84 Å². The molecule has 0 bridgehead atoms. The first-order valence-corrected chi connectivity index (χ1v) is 4.21. The van der Waals surface area contributed by atoms with Gasteiger partial charge in [-0.05, 0) is 13.8 Å². The average molecular weight is 220 g/mol. The van der Waals surface area contributed by atoms with Gasteiger partial charge in [-0.25, -0.2) is 0 Å². The summed E-state index contributed by atoms with van der Waals surface area (Å²) in [7, 11) is 0. The number of oxime groups is 1. The van der Waals surface area contributed by atoms with E-state index in [4.69, 9.17) is 28.0 Å². The predicted molar refractivity (Wildman–Crippen MR) is 51.5 cm³/mol. The van der Waals surface area contributed by atoms with Gasteiger partial charge in [-0.3, -0.25) is 0 Å². The van der Waals surface area contributed by atoms with Crippen LogP contribution in [-0.2, 0) is 0 Å². The number of hydrogen-bond donors (Lipinski definition) is 0. The topological polar surface area (TPSA) is 47.4 Å². The third-order valence-corrected chi connectivity index (χ3v) is 1.78. The lowest BCUT2D eigenvalue weighted by atomic mass is 10.5. The van der Waals surface area contributed by atoms with Crippen LogP contribution in [0.25, 0.3) is 0 Å². The lowest BCUT2D eigenvalue weighted by Crippen LogP contribution is -1.94. The average Bonchev–Trinajstić information content (AvgIpc) is 2.07. The predicted octanol–water partition coefficient (Wildman–Crippen LogP) is 2.56. The Balaban J connectivity index is 2.89. The first-order valence-electron chi connectivity index (χ1n) is 3.46. The summed E-state index contributed by atoms with van der Waals surface area (Å²) in [6.45, 7) is 3.57. The molecule has 6 heteroatoms. The molecule has 70 valence electrons. The zero-order valence-corrected chi connectivity index (χ0v) is 8.60. The van der Waals surface area contributed by atoms with Crippen LogP contribution in [0, 0.1) is 0 Å². The molecule has 1 aromatic heterocycles. The van der Waals surface area contributed by atoms with E-state index in [0.29, 0.717) is 0 Å². The zero-order valence-electron chi connectivity index (χ0n) is 7.08. The van der Waals surface area contributed by atoms with E-state index >= 15 is 0 Å². The molecule has 0 aliphatic carbocycles. The van der Waals surface area contributed by atoms with Crippen molar-refractivity contribution >= 4 is 28.9 Å². The van der Waals surface area contributed by atoms with Gasteiger partial charge in [0, 0.05) is 0 Å². The zero-order chi connectivity index (χ0) is 9.84. The van der Waals surface area contributed by atoms with Crippen LogP contribution in [0.3, 0.4) is 0 Å². The number of rotatable bonds is 2. The van der Waals surface area contributed by atoms with E-state index in [9.17, 15) is 0 Å². The molecule has 4 nitrogen and oxygen atoms in total. The van der Waals surface area contributed by atoms with E-state index in [-0.39, 0.29) is 15.9 Å². The maximum atomic E-state index is 5.75. The summed E-state index contributed by atoms with van der Waals surface area (Å²) in [5, 5.41) is 11.3. The van der Waals surface area contributed by atoms with E-state index in [1.54, 1.807) is 13.8 Å². The van der Waals surface area contributed by atoms with Gasteiger partial charge in [-0.2, -0.15) is 5.10 Å². The van der Waals surface area contributed by atoms with E-state index < -0.39 is 0 Å². The highest BCUT2D eigenvalue weighted by molar-refractivity contribution is 6.42. The number of hydrogen-bond acceptors (Lipinski definition) is 4. The van der Waals surface area contributed by atoms with Gasteiger partial charge in [0.2, 0.25) is 0 Å². The van der Waals surface area contributed by atoms with E-state index in [1.807, 2.05) is 0 Å². The largest absolute Gasteiger partial charge is 0.333 e. The van der Waals surface area contributed by atoms with Crippen LogP contribution in [0.2, 0.25) is 10.0 Å². The summed E-state index contributed by atoms with van der Waals surface area (Å²) in [6.07, 6.45) is 1.33. The van der Waals surface area contributed by atoms with Crippen molar-refractivity contribution in [3.05, 3.63) is 16.2 Å². The minimum Gasteiger partial charge on any atom is -0.333 e. The summed E-state index contributed by atoms with van der Waals surface area (Å²) in [4.78, 5) is 4.88. The highest BCUT2D eigenvalue weighted by Crippen LogP contribution is 2.28. The van der Waals surface area contributed by atoms with Crippen molar-refractivity contribution in [1.82, 2.24) is 10.2 Å². The Morgan fingerprint density at radius 2 is 2.15 bits per heavy atom. The molecule has 0 amide bonds. The second-order valence-electron chi connectivity index (χ2n) is 2.44. The van der Waals surface area contributed by atoms with Gasteiger partial charge in [0.1, 0.15) is 5.02 Å². The van der Waals surface area contributed by atoms with Gasteiger partial charge in [0.05, 0.1) is 16.9 Å². The number of nitrogens with zero attached hydrogens (tertiary/aromatic N) is 3. The van der Waals surface area contributed by atoms with Crippen molar-refractivity contribution in [2.24, 2.45) is 5.16 Å². The summed E-state index contributed by atoms with van der Waals surface area (Å²) < 4.78 is 0. The van der Waals surface area contributed by atoms with Crippen LogP contribution in [-0.4, -0.2) is 15.9 Å². The molecule has 0 radical (unpaired) electrons. The van der Waals surface area contributed by atoms with Crippen LogP contribution >= 0.6 is 23.2 Å². The Labute approximate surface area is 85.5 Å². The second-order valence-corrected chi connectivity index (χ2v) is 3.23. The molecule has 0 aliphatic rings. The maximum absolute atomic E-state index is 5.75. The van der Waals surface area contributed by atoms with E-state index in [0.717, 1.165) is 5.71 Å². The molecule has 0 aliphatic heterocycles. The van der Waals surface area contributed by atoms with Gasteiger partial charge >= 0.3 is 0 Å². The molecule has 0 saturated heterocycles. The lowest BCUT2D eigenvalue weighted by molar-refractivity contribution is 0.323. The number of aromatic nitrogens is 2. The summed E-state index contributed by atoms with van der Waals surface area (Å²) >= 11 is 11.4. The fourth-order valence-corrected chi connectivity index (χ4v) is 0.773. The first kappa shape index (κ1) is 10.2. The summed E-state index contributed by atoms with van der Waals surface area (Å²) in [5.41, 5.74) is 0.748. The highest BCUT2D eigenvalue weighted by atomic mass is 35.5. The standard InChI is InChI=1S/C7H7Cl2N3O/c1-4(2)12-13-7-6(9)5(8)3-10-11-7/h3H,1-2H3. The van der Waals surface area contributed by atoms with Crippen molar-refractivity contribution in [3.8, 4) is 5.88 Å². The second kappa shape index (κ2) is 4.39. The van der Waals surface area contributed by atoms with Crippen molar-refractivity contribution in [3.63, 3.8) is 0 Å². The van der Waals surface area contributed by atoms with Crippen molar-refractivity contribution in [1.29, 1.82) is 0 Å². The molecular formula is C7H7Cl2N3O. The minimum atomic E-state index is 0.107. The third-order valence-electron chi connectivity index (χ3n) is 1.03. The maximum Gasteiger partial charge on any atom is 0.287 e. The van der Waals surface area contributed by atoms with E-state index in [1.165, 1.54) is 6.20 Å². The van der Waals surface area contributed by atoms with Crippen LogP contribution in [0.4, 0.5) is 0 Å². The number of halogens is 2. The van der Waals surface area contributed by atoms with Gasteiger partial charge in [-0.15, -0.1) is 5.10 Å². The van der Waals surface area contributed by atoms with Gasteiger partial charge in [0.15, 0.2) is 0 Å². The monoisotopic (exact) mass is 219 g/mol. The van der Waals surface area contributed by atoms with Gasteiger partial charge in [0.25, 0.3) is 5.88 Å². The van der Waals surface area contributed by atoms with Crippen LogP contribution in [0.1, 0.15) is 13.8 Å². The van der Waals surface area contributed by atoms with Crippen molar-refractivity contribution in [2.45, 2.75) is 13.8 Å². The SMILES string of the molecule is CC(C)=NOc1nncc(Cl)c1Cl. The molecule has 1 aromatic rings. The smallest absolute Gasteiger partial charge is 0.287 e. The minimum absolute atomic E-state index is 0.107. The molecule has 0 fully saturated rings. The summed E-state index contributed by atoms with van der Waals surface area (Å²) in [6, 6.07) is 0. The molecule has 0 aromatic carbocycles. The van der Waals surface area contributed by atoms with Gasteiger partial charge in [-0.1, -0.05) is 28.4 Å². The first-order chi connectivity index (χ1) is 6.11. The third kappa shape index (κ3) is 2.82. The van der Waals surface area contributed by atoms with Crippen LogP contribution in [0.15, 0.2) is 11.4 Å². The van der Waals surface area contributed by atoms with E-state index in [2.05, 4.69) is 15.4 Å². The Hall–Kier alpha value is -0.870. The van der Waals surface area contributed by atoms with Crippen LogP contribution in [0.5, 0.6) is 5.88 Å². The molecule has 0 unspecified atom stereocenters. The normalized spacial score (nSPS) is 9.54. The quantitative estimate of drug-likeness (QED) is 0.568. The van der Waals surface area contributed by atoms with Crippen molar-refractivity contribution in [2.75, 3.05) is 0 Å². The molecule has 1 rings (SSSR count). The lowest BCUT2D eigenvalue weighted by Gasteiger charge is -1.99. The molecular weight excluding hydrogens is 213 g/mol. The Kier molecular flexibility index (Phi) is 3.45. The summed E-state index contributed by atoms with van der Waals surface area (Å²) in [5.74, 6) is 0.107. The Bertz CT molecular complexity index is 337. The molecule has 0 N–H and O–H groups in total.